The van der Waals surface area contributed by atoms with E-state index in [1.54, 1.807) is 17.5 Å². The predicted octanol–water partition coefficient (Wildman–Crippen LogP) is 4.06. The minimum absolute atomic E-state index is 0.354. The van der Waals surface area contributed by atoms with E-state index in [-0.39, 0.29) is 0 Å². The molecule has 0 aliphatic carbocycles. The van der Waals surface area contributed by atoms with Crippen molar-refractivity contribution >= 4 is 27.4 Å². The third-order valence-corrected chi connectivity index (χ3v) is 4.06. The highest BCUT2D eigenvalue weighted by Gasteiger charge is 2.15. The summed E-state index contributed by atoms with van der Waals surface area (Å²) in [5.74, 6) is -0.412. The van der Waals surface area contributed by atoms with E-state index in [1.807, 2.05) is 19.1 Å². The van der Waals surface area contributed by atoms with Gasteiger partial charge in [-0.15, -0.1) is 11.3 Å². The molecule has 0 aliphatic rings. The standard InChI is InChI=1S/C16H13NO2S/c1-10-7-13(15(17-9-10)16(18)19-2)11-3-4-14-12(8-11)5-6-20-14/h3-9H,1-2H3. The Morgan fingerprint density at radius 2 is 2.10 bits per heavy atom. The molecule has 2 heterocycles. The molecule has 1 aromatic carbocycles. The zero-order chi connectivity index (χ0) is 14.1. The Bertz CT molecular complexity index is 792. The Labute approximate surface area is 120 Å². The normalized spacial score (nSPS) is 10.7. The maximum absolute atomic E-state index is 11.8. The maximum Gasteiger partial charge on any atom is 0.357 e. The third-order valence-electron chi connectivity index (χ3n) is 3.17. The van der Waals surface area contributed by atoms with Crippen LogP contribution in [-0.2, 0) is 4.74 Å². The summed E-state index contributed by atoms with van der Waals surface area (Å²) in [6.45, 7) is 1.96. The number of ether oxygens (including phenoxy) is 1. The molecule has 0 aliphatic heterocycles. The highest BCUT2D eigenvalue weighted by molar-refractivity contribution is 7.17. The molecule has 0 radical (unpaired) electrons. The van der Waals surface area contributed by atoms with Crippen LogP contribution in [0, 0.1) is 6.92 Å². The molecule has 0 saturated carbocycles. The average molecular weight is 283 g/mol. The van der Waals surface area contributed by atoms with Crippen molar-refractivity contribution in [2.45, 2.75) is 6.92 Å². The van der Waals surface area contributed by atoms with Gasteiger partial charge in [0.1, 0.15) is 0 Å². The Kier molecular flexibility index (Phi) is 3.24. The summed E-state index contributed by atoms with van der Waals surface area (Å²) in [5.41, 5.74) is 3.16. The van der Waals surface area contributed by atoms with E-state index in [2.05, 4.69) is 28.6 Å². The van der Waals surface area contributed by atoms with Gasteiger partial charge >= 0.3 is 5.97 Å². The van der Waals surface area contributed by atoms with Gasteiger partial charge in [-0.1, -0.05) is 6.07 Å². The highest BCUT2D eigenvalue weighted by Crippen LogP contribution is 2.29. The highest BCUT2D eigenvalue weighted by atomic mass is 32.1. The minimum Gasteiger partial charge on any atom is -0.464 e. The molecule has 20 heavy (non-hydrogen) atoms. The van der Waals surface area contributed by atoms with Crippen LogP contribution in [0.5, 0.6) is 0 Å². The first kappa shape index (κ1) is 12.8. The molecule has 0 amide bonds. The van der Waals surface area contributed by atoms with Crippen LogP contribution in [-0.4, -0.2) is 18.1 Å². The topological polar surface area (TPSA) is 39.2 Å². The van der Waals surface area contributed by atoms with Crippen LogP contribution in [0.4, 0.5) is 0 Å². The lowest BCUT2D eigenvalue weighted by atomic mass is 10.0. The fourth-order valence-corrected chi connectivity index (χ4v) is 2.95. The van der Waals surface area contributed by atoms with Crippen molar-refractivity contribution < 1.29 is 9.53 Å². The molecule has 3 aromatic rings. The quantitative estimate of drug-likeness (QED) is 0.666. The van der Waals surface area contributed by atoms with Gasteiger partial charge in [-0.3, -0.25) is 0 Å². The Morgan fingerprint density at radius 3 is 2.90 bits per heavy atom. The van der Waals surface area contributed by atoms with E-state index in [9.17, 15) is 4.79 Å². The molecule has 0 spiro atoms. The monoisotopic (exact) mass is 283 g/mol. The second kappa shape index (κ2) is 5.06. The number of esters is 1. The van der Waals surface area contributed by atoms with Crippen molar-refractivity contribution in [2.24, 2.45) is 0 Å². The molecule has 0 fully saturated rings. The largest absolute Gasteiger partial charge is 0.464 e. The number of fused-ring (bicyclic) bond motifs is 1. The zero-order valence-corrected chi connectivity index (χ0v) is 12.0. The summed E-state index contributed by atoms with van der Waals surface area (Å²) in [4.78, 5) is 16.1. The number of rotatable bonds is 2. The van der Waals surface area contributed by atoms with Gasteiger partial charge in [0.25, 0.3) is 0 Å². The third kappa shape index (κ3) is 2.18. The van der Waals surface area contributed by atoms with Gasteiger partial charge in [0.2, 0.25) is 0 Å². The molecule has 0 atom stereocenters. The summed E-state index contributed by atoms with van der Waals surface area (Å²) in [7, 11) is 1.37. The summed E-state index contributed by atoms with van der Waals surface area (Å²) in [6.07, 6.45) is 1.68. The lowest BCUT2D eigenvalue weighted by Gasteiger charge is -2.08. The molecular formula is C16H13NO2S. The van der Waals surface area contributed by atoms with Crippen molar-refractivity contribution in [3.63, 3.8) is 0 Å². The number of benzene rings is 1. The number of thiophene rings is 1. The minimum atomic E-state index is -0.412. The van der Waals surface area contributed by atoms with Crippen molar-refractivity contribution in [3.8, 4) is 11.1 Å². The summed E-state index contributed by atoms with van der Waals surface area (Å²) in [5, 5.41) is 3.23. The lowest BCUT2D eigenvalue weighted by molar-refractivity contribution is 0.0595. The van der Waals surface area contributed by atoms with E-state index < -0.39 is 5.97 Å². The number of carbonyl (C=O) groups excluding carboxylic acids is 1. The summed E-state index contributed by atoms with van der Waals surface area (Å²) < 4.78 is 6.04. The molecule has 3 nitrogen and oxygen atoms in total. The van der Waals surface area contributed by atoms with Crippen LogP contribution >= 0.6 is 11.3 Å². The molecule has 0 saturated heterocycles. The number of aromatic nitrogens is 1. The molecular weight excluding hydrogens is 270 g/mol. The van der Waals surface area contributed by atoms with Crippen LogP contribution in [0.3, 0.4) is 0 Å². The lowest BCUT2D eigenvalue weighted by Crippen LogP contribution is -2.06. The predicted molar refractivity (Wildman–Crippen MR) is 81.1 cm³/mol. The van der Waals surface area contributed by atoms with Crippen molar-refractivity contribution in [1.82, 2.24) is 4.98 Å². The molecule has 0 N–H and O–H groups in total. The summed E-state index contributed by atoms with van der Waals surface area (Å²) in [6, 6.07) is 10.2. The van der Waals surface area contributed by atoms with Gasteiger partial charge in [0, 0.05) is 16.5 Å². The molecule has 3 rings (SSSR count). The SMILES string of the molecule is COC(=O)c1ncc(C)cc1-c1ccc2sccc2c1. The second-order valence-corrected chi connectivity index (χ2v) is 5.52. The van der Waals surface area contributed by atoms with Gasteiger partial charge < -0.3 is 4.74 Å². The Balaban J connectivity index is 2.21. The van der Waals surface area contributed by atoms with Crippen LogP contribution in [0.25, 0.3) is 21.2 Å². The van der Waals surface area contributed by atoms with E-state index in [4.69, 9.17) is 4.74 Å². The number of methoxy groups -OCH3 is 1. The number of pyridine rings is 1. The number of hydrogen-bond acceptors (Lipinski definition) is 4. The first-order valence-corrected chi connectivity index (χ1v) is 7.09. The molecule has 0 unspecified atom stereocenters. The average Bonchev–Trinajstić information content (AvgIpc) is 2.93. The van der Waals surface area contributed by atoms with Gasteiger partial charge in [-0.2, -0.15) is 0 Å². The first-order valence-electron chi connectivity index (χ1n) is 6.21. The molecule has 2 aromatic heterocycles. The van der Waals surface area contributed by atoms with Gasteiger partial charge in [0.05, 0.1) is 7.11 Å². The fourth-order valence-electron chi connectivity index (χ4n) is 2.18. The number of carbonyl (C=O) groups is 1. The summed E-state index contributed by atoms with van der Waals surface area (Å²) >= 11 is 1.70. The number of nitrogens with zero attached hydrogens (tertiary/aromatic N) is 1. The van der Waals surface area contributed by atoms with Crippen LogP contribution in [0.1, 0.15) is 16.1 Å². The van der Waals surface area contributed by atoms with Crippen LogP contribution in [0.15, 0.2) is 41.9 Å². The van der Waals surface area contributed by atoms with Gasteiger partial charge in [-0.05, 0) is 53.1 Å². The van der Waals surface area contributed by atoms with E-state index in [0.29, 0.717) is 5.69 Å². The number of hydrogen-bond donors (Lipinski definition) is 0. The smallest absolute Gasteiger partial charge is 0.357 e. The number of aryl methyl sites for hydroxylation is 1. The molecule has 0 bridgehead atoms. The van der Waals surface area contributed by atoms with Crippen molar-refractivity contribution in [3.05, 3.63) is 53.2 Å². The Morgan fingerprint density at radius 1 is 1.25 bits per heavy atom. The van der Waals surface area contributed by atoms with Crippen molar-refractivity contribution in [2.75, 3.05) is 7.11 Å². The Hall–Kier alpha value is -2.20. The fraction of sp³-hybridized carbons (Fsp3) is 0.125. The van der Waals surface area contributed by atoms with Crippen LogP contribution in [0.2, 0.25) is 0 Å². The first-order chi connectivity index (χ1) is 9.69. The van der Waals surface area contributed by atoms with E-state index in [0.717, 1.165) is 16.7 Å². The molecule has 4 heteroatoms. The van der Waals surface area contributed by atoms with E-state index >= 15 is 0 Å². The van der Waals surface area contributed by atoms with Crippen LogP contribution < -0.4 is 0 Å². The molecule has 100 valence electrons. The van der Waals surface area contributed by atoms with Gasteiger partial charge in [0.15, 0.2) is 5.69 Å². The van der Waals surface area contributed by atoms with E-state index in [1.165, 1.54) is 17.2 Å². The second-order valence-electron chi connectivity index (χ2n) is 4.57. The van der Waals surface area contributed by atoms with Gasteiger partial charge in [-0.25, -0.2) is 9.78 Å². The van der Waals surface area contributed by atoms with Crippen molar-refractivity contribution in [1.29, 1.82) is 0 Å². The maximum atomic E-state index is 11.8. The zero-order valence-electron chi connectivity index (χ0n) is 11.2.